The first-order valence-electron chi connectivity index (χ1n) is 10.1. The van der Waals surface area contributed by atoms with Gasteiger partial charge in [-0.1, -0.05) is 31.0 Å². The van der Waals surface area contributed by atoms with E-state index in [4.69, 9.17) is 9.47 Å². The van der Waals surface area contributed by atoms with Crippen molar-refractivity contribution in [3.8, 4) is 11.5 Å². The highest BCUT2D eigenvalue weighted by atomic mass is 16.5. The number of nitrogens with one attached hydrogen (secondary N) is 2. The van der Waals surface area contributed by atoms with Crippen molar-refractivity contribution in [2.75, 3.05) is 23.8 Å². The molecule has 0 radical (unpaired) electrons. The van der Waals surface area contributed by atoms with E-state index in [1.807, 2.05) is 45.9 Å². The van der Waals surface area contributed by atoms with Crippen LogP contribution in [0.5, 0.6) is 11.5 Å². The topological polar surface area (TPSA) is 76.7 Å². The third-order valence-electron chi connectivity index (χ3n) is 4.24. The summed E-state index contributed by atoms with van der Waals surface area (Å²) >= 11 is 0. The van der Waals surface area contributed by atoms with E-state index < -0.39 is 0 Å². The largest absolute Gasteiger partial charge is 0.492 e. The maximum Gasteiger partial charge on any atom is 0.255 e. The molecule has 2 N–H and O–H groups in total. The zero-order chi connectivity index (χ0) is 21.2. The Balaban J connectivity index is 2.33. The van der Waals surface area contributed by atoms with Gasteiger partial charge in [0, 0.05) is 24.1 Å². The molecule has 2 rings (SSSR count). The molecule has 0 saturated carbocycles. The van der Waals surface area contributed by atoms with Crippen molar-refractivity contribution in [3.05, 3.63) is 47.5 Å². The summed E-state index contributed by atoms with van der Waals surface area (Å²) in [5.74, 6) is 0.645. The first-order valence-corrected chi connectivity index (χ1v) is 10.1. The summed E-state index contributed by atoms with van der Waals surface area (Å²) in [4.78, 5) is 24.9. The molecule has 0 aliphatic carbocycles. The highest BCUT2D eigenvalue weighted by Gasteiger charge is 2.17. The zero-order valence-corrected chi connectivity index (χ0v) is 17.6. The van der Waals surface area contributed by atoms with Gasteiger partial charge in [0.05, 0.1) is 24.6 Å². The number of carbonyl (C=O) groups is 2. The van der Waals surface area contributed by atoms with Crippen molar-refractivity contribution in [3.63, 3.8) is 0 Å². The van der Waals surface area contributed by atoms with Crippen LogP contribution >= 0.6 is 0 Å². The minimum atomic E-state index is -0.239. The molecular formula is C23H30N2O4. The lowest BCUT2D eigenvalue weighted by molar-refractivity contribution is -0.116. The lowest BCUT2D eigenvalue weighted by Gasteiger charge is -2.18. The smallest absolute Gasteiger partial charge is 0.255 e. The molecule has 2 aromatic carbocycles. The Hall–Kier alpha value is -3.02. The average Bonchev–Trinajstić information content (AvgIpc) is 2.69. The summed E-state index contributed by atoms with van der Waals surface area (Å²) in [5, 5.41) is 5.79. The third-order valence-corrected chi connectivity index (χ3v) is 4.24. The highest BCUT2D eigenvalue weighted by molar-refractivity contribution is 6.05. The van der Waals surface area contributed by atoms with E-state index in [1.54, 1.807) is 18.2 Å². The van der Waals surface area contributed by atoms with E-state index in [-0.39, 0.29) is 11.8 Å². The number of benzene rings is 2. The van der Waals surface area contributed by atoms with Gasteiger partial charge < -0.3 is 20.1 Å². The van der Waals surface area contributed by atoms with E-state index in [0.29, 0.717) is 48.1 Å². The Kier molecular flexibility index (Phi) is 8.52. The van der Waals surface area contributed by atoms with Gasteiger partial charge in [0.2, 0.25) is 5.91 Å². The first kappa shape index (κ1) is 22.3. The van der Waals surface area contributed by atoms with Crippen LogP contribution in [0.25, 0.3) is 0 Å². The lowest BCUT2D eigenvalue weighted by atomic mass is 10.1. The van der Waals surface area contributed by atoms with Crippen LogP contribution < -0.4 is 20.1 Å². The van der Waals surface area contributed by atoms with Gasteiger partial charge in [0.15, 0.2) is 0 Å². The van der Waals surface area contributed by atoms with Crippen molar-refractivity contribution in [1.82, 2.24) is 0 Å². The van der Waals surface area contributed by atoms with Crippen LogP contribution in [0, 0.1) is 6.92 Å². The number of unbranched alkanes of at least 4 members (excludes halogenated alkanes) is 1. The van der Waals surface area contributed by atoms with Crippen molar-refractivity contribution in [1.29, 1.82) is 0 Å². The van der Waals surface area contributed by atoms with Crippen LogP contribution in [-0.2, 0) is 4.79 Å². The van der Waals surface area contributed by atoms with Crippen LogP contribution in [-0.4, -0.2) is 25.0 Å². The number of carbonyl (C=O) groups excluding carboxylic acids is 2. The van der Waals surface area contributed by atoms with Gasteiger partial charge in [-0.2, -0.15) is 0 Å². The van der Waals surface area contributed by atoms with Crippen LogP contribution in [0.4, 0.5) is 11.4 Å². The van der Waals surface area contributed by atoms with Gasteiger partial charge in [0.1, 0.15) is 11.5 Å². The Bertz CT molecular complexity index is 849. The van der Waals surface area contributed by atoms with Crippen LogP contribution in [0.3, 0.4) is 0 Å². The number of amides is 2. The maximum atomic E-state index is 12.7. The number of aryl methyl sites for hydroxylation is 1. The quantitative estimate of drug-likeness (QED) is 0.579. The van der Waals surface area contributed by atoms with Gasteiger partial charge in [0.25, 0.3) is 5.91 Å². The number of anilines is 2. The van der Waals surface area contributed by atoms with Crippen LogP contribution in [0.15, 0.2) is 36.4 Å². The molecule has 6 nitrogen and oxygen atoms in total. The number of hydrogen-bond donors (Lipinski definition) is 2. The summed E-state index contributed by atoms with van der Waals surface area (Å²) in [6.45, 7) is 8.55. The van der Waals surface area contributed by atoms with Crippen molar-refractivity contribution in [2.45, 2.75) is 47.0 Å². The fraction of sp³-hybridized carbons (Fsp3) is 0.391. The fourth-order valence-electron chi connectivity index (χ4n) is 2.84. The van der Waals surface area contributed by atoms with Crippen molar-refractivity contribution < 1.29 is 19.1 Å². The summed E-state index contributed by atoms with van der Waals surface area (Å²) in [6.07, 6.45) is 2.20. The van der Waals surface area contributed by atoms with E-state index in [1.165, 1.54) is 0 Å². The lowest BCUT2D eigenvalue weighted by Crippen LogP contribution is -2.15. The molecule has 0 aliphatic rings. The molecule has 0 unspecified atom stereocenters. The van der Waals surface area contributed by atoms with Gasteiger partial charge in [-0.05, 0) is 39.3 Å². The molecule has 0 saturated heterocycles. The molecular weight excluding hydrogens is 368 g/mol. The molecule has 156 valence electrons. The Morgan fingerprint density at radius 3 is 2.07 bits per heavy atom. The second-order valence-electron chi connectivity index (χ2n) is 6.69. The summed E-state index contributed by atoms with van der Waals surface area (Å²) in [5.41, 5.74) is 2.59. The van der Waals surface area contributed by atoms with Gasteiger partial charge >= 0.3 is 0 Å². The monoisotopic (exact) mass is 398 g/mol. The van der Waals surface area contributed by atoms with Gasteiger partial charge in [-0.15, -0.1) is 0 Å². The molecule has 2 aromatic rings. The normalized spacial score (nSPS) is 10.3. The molecule has 2 amide bonds. The van der Waals surface area contributed by atoms with Crippen molar-refractivity contribution >= 4 is 23.2 Å². The molecule has 0 aliphatic heterocycles. The minimum Gasteiger partial charge on any atom is -0.492 e. The van der Waals surface area contributed by atoms with Gasteiger partial charge in [-0.3, -0.25) is 9.59 Å². The first-order chi connectivity index (χ1) is 14.0. The number of ether oxygens (including phenoxy) is 2. The van der Waals surface area contributed by atoms with Gasteiger partial charge in [-0.25, -0.2) is 0 Å². The van der Waals surface area contributed by atoms with Crippen molar-refractivity contribution in [2.24, 2.45) is 0 Å². The molecule has 0 atom stereocenters. The SMILES string of the molecule is CCCCC(=O)Nc1cc(OCC)c(NC(=O)c2cccc(C)c2)cc1OCC. The van der Waals surface area contributed by atoms with Crippen LogP contribution in [0.2, 0.25) is 0 Å². The molecule has 0 fully saturated rings. The Morgan fingerprint density at radius 2 is 1.52 bits per heavy atom. The molecule has 0 bridgehead atoms. The minimum absolute atomic E-state index is 0.0770. The Labute approximate surface area is 172 Å². The summed E-state index contributed by atoms with van der Waals surface area (Å²) in [6, 6.07) is 10.7. The highest BCUT2D eigenvalue weighted by Crippen LogP contribution is 2.37. The molecule has 29 heavy (non-hydrogen) atoms. The fourth-order valence-corrected chi connectivity index (χ4v) is 2.84. The average molecular weight is 399 g/mol. The molecule has 6 heteroatoms. The molecule has 0 heterocycles. The summed E-state index contributed by atoms with van der Waals surface area (Å²) < 4.78 is 11.4. The third kappa shape index (κ3) is 6.52. The van der Waals surface area contributed by atoms with E-state index in [2.05, 4.69) is 10.6 Å². The number of rotatable bonds is 10. The standard InChI is InChI=1S/C23H30N2O4/c1-5-8-12-22(26)24-18-14-21(29-7-3)19(15-20(18)28-6-2)25-23(27)17-11-9-10-16(4)13-17/h9-11,13-15H,5-8,12H2,1-4H3,(H,24,26)(H,25,27). The van der Waals surface area contributed by atoms with E-state index in [0.717, 1.165) is 18.4 Å². The number of hydrogen-bond acceptors (Lipinski definition) is 4. The van der Waals surface area contributed by atoms with E-state index >= 15 is 0 Å². The summed E-state index contributed by atoms with van der Waals surface area (Å²) in [7, 11) is 0. The molecule has 0 spiro atoms. The predicted octanol–water partition coefficient (Wildman–Crippen LogP) is 5.17. The molecule has 0 aromatic heterocycles. The maximum absolute atomic E-state index is 12.7. The van der Waals surface area contributed by atoms with Crippen LogP contribution in [0.1, 0.15) is 56.0 Å². The van der Waals surface area contributed by atoms with E-state index in [9.17, 15) is 9.59 Å². The zero-order valence-electron chi connectivity index (χ0n) is 17.6. The Morgan fingerprint density at radius 1 is 0.897 bits per heavy atom. The second-order valence-corrected chi connectivity index (χ2v) is 6.69. The second kappa shape index (κ2) is 11.1. The predicted molar refractivity (Wildman–Crippen MR) is 116 cm³/mol.